The summed E-state index contributed by atoms with van der Waals surface area (Å²) >= 11 is 0. The third-order valence-electron chi connectivity index (χ3n) is 4.52. The second-order valence-corrected chi connectivity index (χ2v) is 6.50. The van der Waals surface area contributed by atoms with Crippen molar-refractivity contribution in [3.8, 4) is 0 Å². The summed E-state index contributed by atoms with van der Waals surface area (Å²) in [5, 5.41) is 0. The molecule has 0 saturated carbocycles. The number of benzene rings is 1. The SMILES string of the molecule is Cn1cccc(C(=O)N(C/C=C/c2ccccc2)C[C@@H]2CCCO2)c1=O. The fourth-order valence-electron chi connectivity index (χ4n) is 3.09. The van der Waals surface area contributed by atoms with Crippen LogP contribution >= 0.6 is 0 Å². The summed E-state index contributed by atoms with van der Waals surface area (Å²) in [4.78, 5) is 27.0. The van der Waals surface area contributed by atoms with Gasteiger partial charge in [0.2, 0.25) is 0 Å². The van der Waals surface area contributed by atoms with E-state index in [0.717, 1.165) is 25.0 Å². The summed E-state index contributed by atoms with van der Waals surface area (Å²) in [5.41, 5.74) is 0.996. The number of nitrogens with zero attached hydrogens (tertiary/aromatic N) is 2. The second kappa shape index (κ2) is 8.63. The molecule has 0 N–H and O–H groups in total. The van der Waals surface area contributed by atoms with Crippen LogP contribution in [0.2, 0.25) is 0 Å². The molecule has 2 heterocycles. The largest absolute Gasteiger partial charge is 0.376 e. The van der Waals surface area contributed by atoms with Gasteiger partial charge in [-0.2, -0.15) is 0 Å². The number of rotatable bonds is 6. The van der Waals surface area contributed by atoms with Gasteiger partial charge in [0.25, 0.3) is 11.5 Å². The molecule has 1 saturated heterocycles. The molecule has 0 spiro atoms. The van der Waals surface area contributed by atoms with E-state index < -0.39 is 0 Å². The third-order valence-corrected chi connectivity index (χ3v) is 4.52. The molecule has 136 valence electrons. The van der Waals surface area contributed by atoms with Gasteiger partial charge >= 0.3 is 0 Å². The van der Waals surface area contributed by atoms with Gasteiger partial charge in [0, 0.05) is 32.9 Å². The Labute approximate surface area is 153 Å². The van der Waals surface area contributed by atoms with E-state index in [1.165, 1.54) is 4.57 Å². The molecule has 3 rings (SSSR count). The van der Waals surface area contributed by atoms with Crippen LogP contribution in [-0.4, -0.2) is 41.2 Å². The Hall–Kier alpha value is -2.66. The number of hydrogen-bond donors (Lipinski definition) is 0. The number of ether oxygens (including phenoxy) is 1. The van der Waals surface area contributed by atoms with E-state index in [-0.39, 0.29) is 23.1 Å². The van der Waals surface area contributed by atoms with Crippen LogP contribution in [0, 0.1) is 0 Å². The molecule has 1 aromatic carbocycles. The Morgan fingerprint density at radius 3 is 2.81 bits per heavy atom. The van der Waals surface area contributed by atoms with E-state index in [1.54, 1.807) is 30.3 Å². The lowest BCUT2D eigenvalue weighted by atomic mass is 10.1. The van der Waals surface area contributed by atoms with Gasteiger partial charge in [-0.3, -0.25) is 9.59 Å². The van der Waals surface area contributed by atoms with Crippen LogP contribution in [0.1, 0.15) is 28.8 Å². The van der Waals surface area contributed by atoms with Gasteiger partial charge in [0.1, 0.15) is 5.56 Å². The molecule has 0 unspecified atom stereocenters. The van der Waals surface area contributed by atoms with Crippen LogP contribution in [0.5, 0.6) is 0 Å². The van der Waals surface area contributed by atoms with Gasteiger partial charge in [-0.05, 0) is 30.5 Å². The fraction of sp³-hybridized carbons (Fsp3) is 0.333. The monoisotopic (exact) mass is 352 g/mol. The Kier molecular flexibility index (Phi) is 6.02. The van der Waals surface area contributed by atoms with Gasteiger partial charge in [-0.15, -0.1) is 0 Å². The predicted octanol–water partition coefficient (Wildman–Crippen LogP) is 2.72. The molecule has 1 atom stereocenters. The number of aromatic nitrogens is 1. The molecule has 2 aromatic rings. The Morgan fingerprint density at radius 1 is 1.27 bits per heavy atom. The first kappa shape index (κ1) is 18.1. The molecule has 1 amide bonds. The number of amides is 1. The molecule has 0 radical (unpaired) electrons. The summed E-state index contributed by atoms with van der Waals surface area (Å²) in [6.45, 7) is 1.67. The van der Waals surface area contributed by atoms with E-state index in [9.17, 15) is 9.59 Å². The average Bonchev–Trinajstić information content (AvgIpc) is 3.17. The number of carbonyl (C=O) groups is 1. The van der Waals surface area contributed by atoms with E-state index in [4.69, 9.17) is 4.74 Å². The molecule has 1 aliphatic rings. The van der Waals surface area contributed by atoms with Gasteiger partial charge in [-0.25, -0.2) is 0 Å². The highest BCUT2D eigenvalue weighted by Crippen LogP contribution is 2.15. The molecule has 1 aliphatic heterocycles. The minimum Gasteiger partial charge on any atom is -0.376 e. The second-order valence-electron chi connectivity index (χ2n) is 6.50. The third kappa shape index (κ3) is 4.49. The zero-order valence-corrected chi connectivity index (χ0v) is 15.0. The number of aryl methyl sites for hydroxylation is 1. The summed E-state index contributed by atoms with van der Waals surface area (Å²) in [6, 6.07) is 13.2. The van der Waals surface area contributed by atoms with Crippen LogP contribution in [0.25, 0.3) is 6.08 Å². The van der Waals surface area contributed by atoms with Crippen LogP contribution in [0.3, 0.4) is 0 Å². The summed E-state index contributed by atoms with van der Waals surface area (Å²) < 4.78 is 7.11. The normalized spacial score (nSPS) is 16.9. The lowest BCUT2D eigenvalue weighted by molar-refractivity contribution is 0.0552. The fourth-order valence-corrected chi connectivity index (χ4v) is 3.09. The molecule has 1 fully saturated rings. The number of hydrogen-bond acceptors (Lipinski definition) is 3. The van der Waals surface area contributed by atoms with Crippen molar-refractivity contribution in [2.75, 3.05) is 19.7 Å². The smallest absolute Gasteiger partial charge is 0.263 e. The van der Waals surface area contributed by atoms with Crippen molar-refractivity contribution in [2.24, 2.45) is 7.05 Å². The Morgan fingerprint density at radius 2 is 2.08 bits per heavy atom. The first-order chi connectivity index (χ1) is 12.6. The van der Waals surface area contributed by atoms with E-state index >= 15 is 0 Å². The molecule has 0 bridgehead atoms. The maximum atomic E-state index is 13.0. The highest BCUT2D eigenvalue weighted by atomic mass is 16.5. The predicted molar refractivity (Wildman–Crippen MR) is 102 cm³/mol. The van der Waals surface area contributed by atoms with Gasteiger partial charge < -0.3 is 14.2 Å². The average molecular weight is 352 g/mol. The van der Waals surface area contributed by atoms with Crippen molar-refractivity contribution in [1.29, 1.82) is 0 Å². The zero-order valence-electron chi connectivity index (χ0n) is 15.0. The molecule has 5 nitrogen and oxygen atoms in total. The lowest BCUT2D eigenvalue weighted by Crippen LogP contribution is -2.40. The highest BCUT2D eigenvalue weighted by molar-refractivity contribution is 5.94. The van der Waals surface area contributed by atoms with Crippen molar-refractivity contribution < 1.29 is 9.53 Å². The summed E-state index contributed by atoms with van der Waals surface area (Å²) in [5.74, 6) is -0.251. The van der Waals surface area contributed by atoms with Crippen LogP contribution in [-0.2, 0) is 11.8 Å². The minimum absolute atomic E-state index is 0.0386. The first-order valence-corrected chi connectivity index (χ1v) is 8.93. The van der Waals surface area contributed by atoms with E-state index in [2.05, 4.69) is 0 Å². The van der Waals surface area contributed by atoms with Gasteiger partial charge in [0.15, 0.2) is 0 Å². The van der Waals surface area contributed by atoms with Crippen molar-refractivity contribution >= 4 is 12.0 Å². The van der Waals surface area contributed by atoms with Crippen molar-refractivity contribution in [3.05, 3.63) is 76.2 Å². The molecular formula is C21H24N2O3. The van der Waals surface area contributed by atoms with Crippen molar-refractivity contribution in [2.45, 2.75) is 18.9 Å². The molecule has 0 aliphatic carbocycles. The molecular weight excluding hydrogens is 328 g/mol. The van der Waals surface area contributed by atoms with Gasteiger partial charge in [0.05, 0.1) is 6.10 Å². The Bertz CT molecular complexity index is 821. The molecule has 5 heteroatoms. The topological polar surface area (TPSA) is 51.5 Å². The summed E-state index contributed by atoms with van der Waals surface area (Å²) in [7, 11) is 1.65. The summed E-state index contributed by atoms with van der Waals surface area (Å²) in [6.07, 6.45) is 7.59. The minimum atomic E-state index is -0.276. The van der Waals surface area contributed by atoms with Crippen molar-refractivity contribution in [3.63, 3.8) is 0 Å². The lowest BCUT2D eigenvalue weighted by Gasteiger charge is -2.24. The highest BCUT2D eigenvalue weighted by Gasteiger charge is 2.24. The van der Waals surface area contributed by atoms with Crippen LogP contribution < -0.4 is 5.56 Å². The number of carbonyl (C=O) groups excluding carboxylic acids is 1. The maximum absolute atomic E-state index is 13.0. The van der Waals surface area contributed by atoms with E-state index in [1.807, 2.05) is 42.5 Å². The van der Waals surface area contributed by atoms with Crippen LogP contribution in [0.15, 0.2) is 59.5 Å². The van der Waals surface area contributed by atoms with Gasteiger partial charge in [-0.1, -0.05) is 42.5 Å². The molecule has 26 heavy (non-hydrogen) atoms. The molecule has 1 aromatic heterocycles. The zero-order chi connectivity index (χ0) is 18.4. The van der Waals surface area contributed by atoms with Crippen molar-refractivity contribution in [1.82, 2.24) is 9.47 Å². The quantitative estimate of drug-likeness (QED) is 0.803. The number of pyridine rings is 1. The standard InChI is InChI=1S/C21H24N2O3/c1-22-13-6-12-19(20(22)24)21(25)23(16-18-11-7-15-26-18)14-5-10-17-8-3-2-4-9-17/h2-6,8-10,12-13,18H,7,11,14-16H2,1H3/b10-5+/t18-/m0/s1. The Balaban J connectivity index is 1.78. The van der Waals surface area contributed by atoms with Crippen LogP contribution in [0.4, 0.5) is 0 Å². The first-order valence-electron chi connectivity index (χ1n) is 8.93. The van der Waals surface area contributed by atoms with E-state index in [0.29, 0.717) is 13.1 Å². The maximum Gasteiger partial charge on any atom is 0.263 e.